The van der Waals surface area contributed by atoms with Crippen LogP contribution in [0.2, 0.25) is 36.3 Å². The number of anilines is 3. The first-order chi connectivity index (χ1) is 24.8. The van der Waals surface area contributed by atoms with Gasteiger partial charge in [0.1, 0.15) is 24.0 Å². The number of hydrogen-bond acceptors (Lipinski definition) is 10. The second-order valence-corrected chi connectivity index (χ2v) is 28.0. The lowest BCUT2D eigenvalue weighted by Gasteiger charge is -2.39. The molecule has 0 radical (unpaired) electrons. The summed E-state index contributed by atoms with van der Waals surface area (Å²) in [5.41, 5.74) is 2.54. The number of ether oxygens (including phenoxy) is 2. The van der Waals surface area contributed by atoms with Crippen LogP contribution >= 0.6 is 0 Å². The zero-order valence-electron chi connectivity index (χ0n) is 34.6. The summed E-state index contributed by atoms with van der Waals surface area (Å²) < 4.78 is 25.0. The molecule has 54 heavy (non-hydrogen) atoms. The van der Waals surface area contributed by atoms with Crippen molar-refractivity contribution in [3.63, 3.8) is 0 Å². The number of benzene rings is 2. The smallest absolute Gasteiger partial charge is 0.414 e. The van der Waals surface area contributed by atoms with Crippen LogP contribution in [0.4, 0.5) is 22.1 Å². The average Bonchev–Trinajstić information content (AvgIpc) is 3.37. The molecule has 1 aromatic heterocycles. The molecule has 1 amide bonds. The molecule has 0 saturated carbocycles. The van der Waals surface area contributed by atoms with Gasteiger partial charge >= 0.3 is 6.09 Å². The number of fused-ring (bicyclic) bond motifs is 1. The Kier molecular flexibility index (Phi) is 12.2. The molecule has 11 nitrogen and oxygen atoms in total. The molecule has 0 bridgehead atoms. The molecule has 290 valence electrons. The van der Waals surface area contributed by atoms with Crippen molar-refractivity contribution < 1.29 is 23.1 Å². The van der Waals surface area contributed by atoms with Gasteiger partial charge in [-0.25, -0.2) is 14.8 Å². The van der Waals surface area contributed by atoms with Crippen LogP contribution in [-0.4, -0.2) is 64.7 Å². The van der Waals surface area contributed by atoms with Crippen molar-refractivity contribution >= 4 is 40.1 Å². The van der Waals surface area contributed by atoms with E-state index in [4.69, 9.17) is 23.3 Å². The van der Waals surface area contributed by atoms with Crippen LogP contribution in [0.5, 0.6) is 5.75 Å². The number of amides is 1. The van der Waals surface area contributed by atoms with Crippen molar-refractivity contribution in [1.29, 1.82) is 10.5 Å². The number of nitrogens with one attached hydrogen (secondary N) is 1. The summed E-state index contributed by atoms with van der Waals surface area (Å²) in [6.45, 7) is 31.0. The number of hydrogen-bond donors (Lipinski definition) is 1. The van der Waals surface area contributed by atoms with Crippen LogP contribution < -0.4 is 15.0 Å². The van der Waals surface area contributed by atoms with Gasteiger partial charge in [0.25, 0.3) is 0 Å². The van der Waals surface area contributed by atoms with Gasteiger partial charge in [0.15, 0.2) is 16.6 Å². The van der Waals surface area contributed by atoms with Gasteiger partial charge < -0.3 is 23.6 Å². The zero-order chi connectivity index (χ0) is 40.5. The van der Waals surface area contributed by atoms with E-state index in [2.05, 4.69) is 97.1 Å². The third-order valence-corrected chi connectivity index (χ3v) is 19.8. The molecule has 2 aromatic carbocycles. The largest absolute Gasteiger partial charge is 0.489 e. The van der Waals surface area contributed by atoms with Crippen LogP contribution in [0, 0.1) is 22.7 Å². The highest BCUT2D eigenvalue weighted by molar-refractivity contribution is 6.74. The fourth-order valence-corrected chi connectivity index (χ4v) is 7.61. The van der Waals surface area contributed by atoms with E-state index in [-0.39, 0.29) is 16.0 Å². The van der Waals surface area contributed by atoms with Crippen LogP contribution in [0.3, 0.4) is 0 Å². The maximum Gasteiger partial charge on any atom is 0.414 e. The second kappa shape index (κ2) is 15.5. The Morgan fingerprint density at radius 2 is 1.56 bits per heavy atom. The van der Waals surface area contributed by atoms with Crippen LogP contribution in [0.1, 0.15) is 85.9 Å². The van der Waals surface area contributed by atoms with Gasteiger partial charge in [0.05, 0.1) is 40.9 Å². The van der Waals surface area contributed by atoms with Crippen molar-refractivity contribution in [2.75, 3.05) is 36.6 Å². The molecular weight excluding hydrogens is 713 g/mol. The fraction of sp³-hybridized carbons (Fsp3) is 0.537. The van der Waals surface area contributed by atoms with Crippen LogP contribution in [0.15, 0.2) is 42.6 Å². The maximum atomic E-state index is 13.7. The summed E-state index contributed by atoms with van der Waals surface area (Å²) in [5.74, 6) is 0.814. The topological polar surface area (TPSA) is 143 Å². The van der Waals surface area contributed by atoms with Gasteiger partial charge in [0, 0.05) is 30.3 Å². The minimum Gasteiger partial charge on any atom is -0.489 e. The Labute approximate surface area is 324 Å². The van der Waals surface area contributed by atoms with Crippen molar-refractivity contribution in [2.45, 2.75) is 117 Å². The molecule has 0 spiro atoms. The van der Waals surface area contributed by atoms with Crippen molar-refractivity contribution in [2.24, 2.45) is 0 Å². The molecule has 1 aliphatic rings. The van der Waals surface area contributed by atoms with Gasteiger partial charge in [-0.1, -0.05) is 48.5 Å². The molecule has 13 heteroatoms. The Hall–Kier alpha value is -4.28. The fourth-order valence-electron chi connectivity index (χ4n) is 5.47. The molecule has 0 unspecified atom stereocenters. The van der Waals surface area contributed by atoms with Gasteiger partial charge in [-0.05, 0) is 99.0 Å². The molecule has 4 rings (SSSR count). The van der Waals surface area contributed by atoms with Crippen molar-refractivity contribution in [3.8, 4) is 29.1 Å². The van der Waals surface area contributed by atoms with Gasteiger partial charge in [-0.2, -0.15) is 10.5 Å². The monoisotopic (exact) mass is 770 g/mol. The van der Waals surface area contributed by atoms with E-state index in [1.807, 2.05) is 26.8 Å². The summed E-state index contributed by atoms with van der Waals surface area (Å²) in [6, 6.07) is 15.2. The highest BCUT2D eigenvalue weighted by Gasteiger charge is 2.47. The molecule has 0 saturated heterocycles. The maximum absolute atomic E-state index is 13.7. The Morgan fingerprint density at radius 3 is 2.15 bits per heavy atom. The number of carbonyl (C=O) groups is 1. The lowest BCUT2D eigenvalue weighted by atomic mass is 9.83. The molecule has 1 aliphatic heterocycles. The van der Waals surface area contributed by atoms with Crippen molar-refractivity contribution in [3.05, 3.63) is 59.3 Å². The first kappa shape index (κ1) is 42.5. The van der Waals surface area contributed by atoms with E-state index in [0.29, 0.717) is 65.9 Å². The molecular formula is C41H58N6O5Si2. The first-order valence-corrected chi connectivity index (χ1v) is 24.3. The van der Waals surface area contributed by atoms with Gasteiger partial charge in [-0.15, -0.1) is 0 Å². The number of aromatic nitrogens is 2. The van der Waals surface area contributed by atoms with E-state index >= 15 is 0 Å². The van der Waals surface area contributed by atoms with Gasteiger partial charge in [0.2, 0.25) is 5.95 Å². The number of carbonyl (C=O) groups excluding carboxylic acids is 1. The average molecular weight is 771 g/mol. The third kappa shape index (κ3) is 9.68. The molecule has 1 N–H and O–H groups in total. The summed E-state index contributed by atoms with van der Waals surface area (Å²) in [7, 11) is -4.12. The van der Waals surface area contributed by atoms with Crippen LogP contribution in [0.25, 0.3) is 11.3 Å². The van der Waals surface area contributed by atoms with Gasteiger partial charge in [-0.3, -0.25) is 4.90 Å². The summed E-state index contributed by atoms with van der Waals surface area (Å²) >= 11 is 0. The first-order valence-electron chi connectivity index (χ1n) is 18.5. The minimum atomic E-state index is -2.18. The third-order valence-electron chi connectivity index (χ3n) is 10.7. The summed E-state index contributed by atoms with van der Waals surface area (Å²) in [5, 5.41) is 23.5. The summed E-state index contributed by atoms with van der Waals surface area (Å²) in [6.07, 6.45) is 1.13. The predicted octanol–water partition coefficient (Wildman–Crippen LogP) is 10.1. The standard InChI is InChI=1S/C41H58N6O5Si2/c1-38(2,3)52-37(48)47-26-41(10,27-51-54(13,14)40(7,8)9)31-23-29(22-30(25-43)35(31)47)32-17-18-44-36(45-32)46-33-21-28(24-42)15-16-34(33)49-19-20-50-53(11,12)39(4,5)6/h15-18,21-23H,19-20,26-27H2,1-14H3,(H,44,45,46)/t41-/m1/s1. The molecule has 0 fully saturated rings. The SMILES string of the molecule is CC(C)(C)OC(=O)N1C[C@](C)(CO[Si](C)(C)C(C)(C)C)c2cc(-c3ccnc(Nc4cc(C#N)ccc4OCCO[Si](C)(C)C(C)(C)C)n3)cc(C#N)c21. The highest BCUT2D eigenvalue weighted by Crippen LogP contribution is 2.47. The minimum absolute atomic E-state index is 0.0180. The van der Waals surface area contributed by atoms with E-state index in [0.717, 1.165) is 5.56 Å². The lowest BCUT2D eigenvalue weighted by Crippen LogP contribution is -2.46. The van der Waals surface area contributed by atoms with E-state index in [9.17, 15) is 15.3 Å². The van der Waals surface area contributed by atoms with E-state index < -0.39 is 33.7 Å². The zero-order valence-corrected chi connectivity index (χ0v) is 36.6. The lowest BCUT2D eigenvalue weighted by molar-refractivity contribution is 0.0575. The number of nitrogens with zero attached hydrogens (tertiary/aromatic N) is 5. The van der Waals surface area contributed by atoms with E-state index in [1.54, 1.807) is 41.4 Å². The number of rotatable bonds is 11. The highest BCUT2D eigenvalue weighted by atomic mass is 28.4. The predicted molar refractivity (Wildman–Crippen MR) is 219 cm³/mol. The summed E-state index contributed by atoms with van der Waals surface area (Å²) in [4.78, 5) is 24.5. The normalized spacial score (nSPS) is 16.3. The molecule has 0 aliphatic carbocycles. The molecule has 3 aromatic rings. The molecule has 1 atom stereocenters. The Morgan fingerprint density at radius 1 is 0.907 bits per heavy atom. The Bertz CT molecular complexity index is 1950. The van der Waals surface area contributed by atoms with E-state index in [1.165, 1.54) is 0 Å². The molecule has 2 heterocycles. The second-order valence-electron chi connectivity index (χ2n) is 18.4. The number of nitriles is 2. The quantitative estimate of drug-likeness (QED) is 0.148. The van der Waals surface area contributed by atoms with Crippen molar-refractivity contribution in [1.82, 2.24) is 9.97 Å². The van der Waals surface area contributed by atoms with Crippen LogP contribution in [-0.2, 0) is 19.0 Å². The Balaban J connectivity index is 1.71.